The third kappa shape index (κ3) is 3.66. The Hall–Kier alpha value is -3.56. The van der Waals surface area contributed by atoms with E-state index in [4.69, 9.17) is 0 Å². The number of amides is 1. The molecule has 0 atom stereocenters. The van der Waals surface area contributed by atoms with Gasteiger partial charge in [-0.3, -0.25) is 24.9 Å². The fourth-order valence-electron chi connectivity index (χ4n) is 6.84. The summed E-state index contributed by atoms with van der Waals surface area (Å²) in [6.07, 6.45) is 9.73. The average Bonchev–Trinajstić information content (AvgIpc) is 3.41. The van der Waals surface area contributed by atoms with E-state index in [1.54, 1.807) is 9.36 Å². The summed E-state index contributed by atoms with van der Waals surface area (Å²) in [6.45, 7) is 2.53. The summed E-state index contributed by atoms with van der Waals surface area (Å²) in [5.41, 5.74) is 1.55. The van der Waals surface area contributed by atoms with E-state index < -0.39 is 10.8 Å². The molecule has 4 bridgehead atoms. The first-order chi connectivity index (χ1) is 16.4. The first kappa shape index (κ1) is 21.0. The summed E-state index contributed by atoms with van der Waals surface area (Å²) >= 11 is 0. The predicted molar refractivity (Wildman–Crippen MR) is 123 cm³/mol. The Kier molecular flexibility index (Phi) is 4.79. The lowest BCUT2D eigenvalue weighted by Crippen LogP contribution is -2.52. The molecule has 0 saturated heterocycles. The van der Waals surface area contributed by atoms with Crippen molar-refractivity contribution in [1.29, 1.82) is 0 Å². The van der Waals surface area contributed by atoms with Crippen LogP contribution in [-0.4, -0.2) is 35.4 Å². The number of rotatable bonds is 6. The van der Waals surface area contributed by atoms with Gasteiger partial charge in [0.05, 0.1) is 17.0 Å². The molecule has 10 heteroatoms. The summed E-state index contributed by atoms with van der Waals surface area (Å²) in [6, 6.07) is 8.04. The van der Waals surface area contributed by atoms with Crippen molar-refractivity contribution in [2.24, 2.45) is 17.8 Å². The SMILES string of the molecule is Cc1cccc(Cn2cnc(NC(=O)c3nn(C45CC6CC(CC(C6)C4)C5)cc3[N+](=O)[O-])n2)c1. The first-order valence-electron chi connectivity index (χ1n) is 11.9. The largest absolute Gasteiger partial charge is 0.320 e. The van der Waals surface area contributed by atoms with E-state index in [0.717, 1.165) is 30.4 Å². The van der Waals surface area contributed by atoms with Crippen molar-refractivity contribution in [1.82, 2.24) is 24.5 Å². The molecule has 0 radical (unpaired) electrons. The van der Waals surface area contributed by atoms with Gasteiger partial charge in [0, 0.05) is 0 Å². The fourth-order valence-corrected chi connectivity index (χ4v) is 6.84. The van der Waals surface area contributed by atoms with Gasteiger partial charge in [-0.15, -0.1) is 5.10 Å². The number of carbonyl (C=O) groups excluding carboxylic acids is 1. The van der Waals surface area contributed by atoms with Crippen molar-refractivity contribution in [3.05, 3.63) is 63.7 Å². The molecule has 10 nitrogen and oxygen atoms in total. The number of nitro groups is 1. The number of nitrogens with zero attached hydrogens (tertiary/aromatic N) is 6. The number of hydrogen-bond acceptors (Lipinski definition) is 6. The lowest BCUT2D eigenvalue weighted by molar-refractivity contribution is -0.385. The van der Waals surface area contributed by atoms with E-state index in [9.17, 15) is 14.9 Å². The van der Waals surface area contributed by atoms with Gasteiger partial charge in [0.15, 0.2) is 0 Å². The van der Waals surface area contributed by atoms with Gasteiger partial charge in [-0.2, -0.15) is 5.10 Å². The minimum absolute atomic E-state index is 0.0938. The van der Waals surface area contributed by atoms with Crippen LogP contribution in [0.1, 0.15) is 60.1 Å². The Morgan fingerprint density at radius 3 is 2.53 bits per heavy atom. The smallest absolute Gasteiger partial charge is 0.287 e. The zero-order chi connectivity index (χ0) is 23.4. The van der Waals surface area contributed by atoms with Gasteiger partial charge >= 0.3 is 5.69 Å². The lowest BCUT2D eigenvalue weighted by Gasteiger charge is -2.56. The lowest BCUT2D eigenvalue weighted by atomic mass is 9.53. The summed E-state index contributed by atoms with van der Waals surface area (Å²) in [4.78, 5) is 28.4. The Morgan fingerprint density at radius 2 is 1.88 bits per heavy atom. The minimum Gasteiger partial charge on any atom is -0.287 e. The summed E-state index contributed by atoms with van der Waals surface area (Å²) in [5, 5.41) is 23.2. The number of aromatic nitrogens is 5. The molecule has 1 aromatic carbocycles. The molecule has 7 rings (SSSR count). The van der Waals surface area contributed by atoms with Crippen molar-refractivity contribution in [2.75, 3.05) is 5.32 Å². The molecule has 0 spiro atoms. The topological polar surface area (TPSA) is 121 Å². The average molecular weight is 462 g/mol. The molecule has 0 unspecified atom stereocenters. The second-order valence-electron chi connectivity index (χ2n) is 10.4. The molecular weight excluding hydrogens is 434 g/mol. The molecule has 2 heterocycles. The van der Waals surface area contributed by atoms with Crippen LogP contribution in [0.3, 0.4) is 0 Å². The number of nitrogens with one attached hydrogen (secondary N) is 1. The maximum Gasteiger partial charge on any atom is 0.320 e. The van der Waals surface area contributed by atoms with Gasteiger partial charge < -0.3 is 0 Å². The van der Waals surface area contributed by atoms with Gasteiger partial charge in [0.2, 0.25) is 11.6 Å². The Balaban J connectivity index is 1.23. The van der Waals surface area contributed by atoms with Crippen molar-refractivity contribution in [3.63, 3.8) is 0 Å². The predicted octanol–water partition coefficient (Wildman–Crippen LogP) is 3.92. The molecule has 176 valence electrons. The molecular formula is C24H27N7O3. The van der Waals surface area contributed by atoms with Crippen LogP contribution in [0.2, 0.25) is 0 Å². The maximum atomic E-state index is 13.0. The van der Waals surface area contributed by atoms with Gasteiger partial charge in [0.25, 0.3) is 5.91 Å². The molecule has 3 aromatic rings. The first-order valence-corrected chi connectivity index (χ1v) is 11.9. The summed E-state index contributed by atoms with van der Waals surface area (Å²) in [5.74, 6) is 1.41. The second-order valence-corrected chi connectivity index (χ2v) is 10.4. The normalized spacial score (nSPS) is 27.1. The second kappa shape index (κ2) is 7.75. The standard InChI is InChI=1S/C24H27N7O3/c1-15-3-2-4-16(5-15)12-29-14-25-23(28-29)26-22(32)21-20(31(33)34)13-30(27-21)24-9-17-6-18(10-24)8-19(7-17)11-24/h2-5,13-14,17-19H,6-12H2,1H3,(H,26,28,32). The van der Waals surface area contributed by atoms with Crippen LogP contribution in [0.15, 0.2) is 36.8 Å². The third-order valence-electron chi connectivity index (χ3n) is 7.79. The highest BCUT2D eigenvalue weighted by atomic mass is 16.6. The van der Waals surface area contributed by atoms with Crippen molar-refractivity contribution >= 4 is 17.5 Å². The Morgan fingerprint density at radius 1 is 1.18 bits per heavy atom. The third-order valence-corrected chi connectivity index (χ3v) is 7.79. The van der Waals surface area contributed by atoms with Gasteiger partial charge in [-0.1, -0.05) is 29.8 Å². The number of aryl methyl sites for hydroxylation is 1. The highest BCUT2D eigenvalue weighted by molar-refractivity contribution is 6.04. The monoisotopic (exact) mass is 461 g/mol. The Labute approximate surface area is 196 Å². The molecule has 1 N–H and O–H groups in total. The van der Waals surface area contributed by atoms with E-state index in [2.05, 4.69) is 26.6 Å². The molecule has 2 aromatic heterocycles. The zero-order valence-electron chi connectivity index (χ0n) is 19.1. The minimum atomic E-state index is -0.663. The zero-order valence-corrected chi connectivity index (χ0v) is 19.1. The molecule has 1 amide bonds. The van der Waals surface area contributed by atoms with Crippen LogP contribution in [0, 0.1) is 34.8 Å². The van der Waals surface area contributed by atoms with E-state index in [1.807, 2.05) is 25.1 Å². The molecule has 4 aliphatic carbocycles. The van der Waals surface area contributed by atoms with Crippen LogP contribution >= 0.6 is 0 Å². The molecule has 4 aliphatic rings. The van der Waals surface area contributed by atoms with Gasteiger partial charge in [-0.05, 0) is 68.8 Å². The molecule has 4 saturated carbocycles. The molecule has 0 aliphatic heterocycles. The summed E-state index contributed by atoms with van der Waals surface area (Å²) in [7, 11) is 0. The molecule has 4 fully saturated rings. The summed E-state index contributed by atoms with van der Waals surface area (Å²) < 4.78 is 3.36. The fraction of sp³-hybridized carbons (Fsp3) is 0.500. The number of hydrogen-bond donors (Lipinski definition) is 1. The van der Waals surface area contributed by atoms with Crippen molar-refractivity contribution in [2.45, 2.75) is 57.5 Å². The van der Waals surface area contributed by atoms with Crippen molar-refractivity contribution in [3.8, 4) is 0 Å². The quantitative estimate of drug-likeness (QED) is 0.439. The number of anilines is 1. The van der Waals surface area contributed by atoms with Crippen LogP contribution in [-0.2, 0) is 12.1 Å². The van der Waals surface area contributed by atoms with Crippen LogP contribution in [0.4, 0.5) is 11.6 Å². The molecule has 34 heavy (non-hydrogen) atoms. The maximum absolute atomic E-state index is 13.0. The van der Waals surface area contributed by atoms with E-state index >= 15 is 0 Å². The Bertz CT molecular complexity index is 1240. The van der Waals surface area contributed by atoms with Gasteiger partial charge in [0.1, 0.15) is 12.5 Å². The van der Waals surface area contributed by atoms with Crippen molar-refractivity contribution < 1.29 is 9.72 Å². The van der Waals surface area contributed by atoms with E-state index in [-0.39, 0.29) is 22.9 Å². The highest BCUT2D eigenvalue weighted by Crippen LogP contribution is 2.58. The van der Waals surface area contributed by atoms with Gasteiger partial charge in [-0.25, -0.2) is 9.67 Å². The van der Waals surface area contributed by atoms with Crippen LogP contribution in [0.25, 0.3) is 0 Å². The van der Waals surface area contributed by atoms with Crippen LogP contribution < -0.4 is 5.32 Å². The number of benzene rings is 1. The van der Waals surface area contributed by atoms with Crippen LogP contribution in [0.5, 0.6) is 0 Å². The van der Waals surface area contributed by atoms with E-state index in [0.29, 0.717) is 24.3 Å². The highest BCUT2D eigenvalue weighted by Gasteiger charge is 2.53. The van der Waals surface area contributed by atoms with E-state index in [1.165, 1.54) is 31.8 Å². The number of carbonyl (C=O) groups is 1.